The molecular formula is C21H29IN4O2. The van der Waals surface area contributed by atoms with Crippen molar-refractivity contribution in [3.63, 3.8) is 0 Å². The van der Waals surface area contributed by atoms with Crippen LogP contribution in [-0.4, -0.2) is 25.7 Å². The molecule has 1 amide bonds. The number of ether oxygens (including phenoxy) is 1. The van der Waals surface area contributed by atoms with E-state index >= 15 is 0 Å². The fraction of sp³-hybridized carbons (Fsp3) is 0.333. The van der Waals surface area contributed by atoms with E-state index in [1.807, 2.05) is 31.2 Å². The highest BCUT2D eigenvalue weighted by atomic mass is 127. The summed E-state index contributed by atoms with van der Waals surface area (Å²) >= 11 is 0. The van der Waals surface area contributed by atoms with Gasteiger partial charge in [-0.15, -0.1) is 24.0 Å². The maximum absolute atomic E-state index is 11.2. The lowest BCUT2D eigenvalue weighted by Gasteiger charge is -2.13. The molecule has 0 aliphatic heterocycles. The van der Waals surface area contributed by atoms with Crippen LogP contribution in [0.3, 0.4) is 0 Å². The van der Waals surface area contributed by atoms with Crippen molar-refractivity contribution in [2.75, 3.05) is 19.0 Å². The van der Waals surface area contributed by atoms with Gasteiger partial charge in [0.25, 0.3) is 0 Å². The van der Waals surface area contributed by atoms with Crippen molar-refractivity contribution in [1.29, 1.82) is 0 Å². The number of benzene rings is 2. The van der Waals surface area contributed by atoms with Crippen molar-refractivity contribution in [2.45, 2.75) is 33.9 Å². The summed E-state index contributed by atoms with van der Waals surface area (Å²) in [6.07, 6.45) is -0.481. The van der Waals surface area contributed by atoms with Gasteiger partial charge in [0.1, 0.15) is 0 Å². The molecule has 0 saturated heterocycles. The van der Waals surface area contributed by atoms with Gasteiger partial charge in [-0.2, -0.15) is 0 Å². The van der Waals surface area contributed by atoms with E-state index in [2.05, 4.69) is 57.7 Å². The lowest BCUT2D eigenvalue weighted by Crippen LogP contribution is -2.36. The first-order valence-corrected chi connectivity index (χ1v) is 9.04. The van der Waals surface area contributed by atoms with E-state index in [-0.39, 0.29) is 24.0 Å². The van der Waals surface area contributed by atoms with Crippen LogP contribution in [0.25, 0.3) is 0 Å². The number of rotatable bonds is 6. The predicted octanol–water partition coefficient (Wildman–Crippen LogP) is 4.36. The van der Waals surface area contributed by atoms with E-state index in [0.717, 1.165) is 24.6 Å². The fourth-order valence-electron chi connectivity index (χ4n) is 2.60. The molecule has 0 aliphatic rings. The van der Waals surface area contributed by atoms with Crippen molar-refractivity contribution in [1.82, 2.24) is 10.6 Å². The highest BCUT2D eigenvalue weighted by molar-refractivity contribution is 14.0. The van der Waals surface area contributed by atoms with Crippen LogP contribution >= 0.6 is 24.0 Å². The number of nitrogens with one attached hydrogen (secondary N) is 3. The number of nitrogens with zero attached hydrogens (tertiary/aromatic N) is 1. The SMILES string of the molecule is CCNC(=NCc1ccc(NC(=O)OC)cc1)NCc1ccc(C)cc1C.I. The smallest absolute Gasteiger partial charge is 0.411 e. The third kappa shape index (κ3) is 7.75. The molecule has 7 heteroatoms. The van der Waals surface area contributed by atoms with Crippen LogP contribution in [0.5, 0.6) is 0 Å². The molecule has 152 valence electrons. The lowest BCUT2D eigenvalue weighted by molar-refractivity contribution is 0.187. The molecule has 2 aromatic carbocycles. The van der Waals surface area contributed by atoms with Gasteiger partial charge in [-0.1, -0.05) is 35.9 Å². The fourth-order valence-corrected chi connectivity index (χ4v) is 2.60. The number of aryl methyl sites for hydroxylation is 2. The zero-order valence-electron chi connectivity index (χ0n) is 16.8. The molecule has 28 heavy (non-hydrogen) atoms. The summed E-state index contributed by atoms with van der Waals surface area (Å²) < 4.78 is 4.58. The van der Waals surface area contributed by atoms with Gasteiger partial charge in [-0.05, 0) is 49.6 Å². The molecule has 0 aliphatic carbocycles. The van der Waals surface area contributed by atoms with Gasteiger partial charge >= 0.3 is 6.09 Å². The molecule has 6 nitrogen and oxygen atoms in total. The Labute approximate surface area is 184 Å². The molecule has 2 rings (SSSR count). The van der Waals surface area contributed by atoms with Crippen LogP contribution in [0.1, 0.15) is 29.2 Å². The Hall–Kier alpha value is -2.29. The summed E-state index contributed by atoms with van der Waals surface area (Å²) in [5.74, 6) is 0.772. The monoisotopic (exact) mass is 496 g/mol. The van der Waals surface area contributed by atoms with E-state index in [9.17, 15) is 4.79 Å². The molecule has 0 spiro atoms. The summed E-state index contributed by atoms with van der Waals surface area (Å²) in [5.41, 5.74) is 5.53. The number of hydrogen-bond acceptors (Lipinski definition) is 3. The van der Waals surface area contributed by atoms with Gasteiger partial charge in [-0.3, -0.25) is 5.32 Å². The Balaban J connectivity index is 0.00000392. The second-order valence-corrected chi connectivity index (χ2v) is 6.29. The number of carbonyl (C=O) groups excluding carboxylic acids is 1. The van der Waals surface area contributed by atoms with Crippen molar-refractivity contribution >= 4 is 41.7 Å². The van der Waals surface area contributed by atoms with Crippen LogP contribution < -0.4 is 16.0 Å². The van der Waals surface area contributed by atoms with E-state index in [4.69, 9.17) is 0 Å². The largest absolute Gasteiger partial charge is 0.453 e. The first kappa shape index (κ1) is 23.7. The molecule has 2 aromatic rings. The summed E-state index contributed by atoms with van der Waals surface area (Å²) in [7, 11) is 1.34. The van der Waals surface area contributed by atoms with Crippen molar-refractivity contribution in [3.8, 4) is 0 Å². The maximum Gasteiger partial charge on any atom is 0.411 e. The molecule has 0 heterocycles. The minimum absolute atomic E-state index is 0. The summed E-state index contributed by atoms with van der Waals surface area (Å²) in [4.78, 5) is 15.8. The molecule has 0 radical (unpaired) electrons. The summed E-state index contributed by atoms with van der Waals surface area (Å²) in [6.45, 7) is 8.32. The van der Waals surface area contributed by atoms with Crippen LogP contribution in [0.2, 0.25) is 0 Å². The van der Waals surface area contributed by atoms with Crippen molar-refractivity contribution in [2.24, 2.45) is 4.99 Å². The van der Waals surface area contributed by atoms with E-state index in [0.29, 0.717) is 12.2 Å². The Kier molecular flexibility index (Phi) is 10.4. The van der Waals surface area contributed by atoms with Gasteiger partial charge in [-0.25, -0.2) is 9.79 Å². The molecule has 3 N–H and O–H groups in total. The Bertz CT molecular complexity index is 791. The van der Waals surface area contributed by atoms with Gasteiger partial charge in [0.15, 0.2) is 5.96 Å². The first-order valence-electron chi connectivity index (χ1n) is 9.04. The number of halogens is 1. The Morgan fingerprint density at radius 3 is 2.39 bits per heavy atom. The van der Waals surface area contributed by atoms with Crippen LogP contribution in [0, 0.1) is 13.8 Å². The minimum atomic E-state index is -0.481. The lowest BCUT2D eigenvalue weighted by atomic mass is 10.1. The molecular weight excluding hydrogens is 467 g/mol. The zero-order valence-corrected chi connectivity index (χ0v) is 19.2. The van der Waals surface area contributed by atoms with E-state index in [1.165, 1.54) is 23.8 Å². The van der Waals surface area contributed by atoms with Crippen molar-refractivity contribution < 1.29 is 9.53 Å². The van der Waals surface area contributed by atoms with Gasteiger partial charge in [0.05, 0.1) is 13.7 Å². The average Bonchev–Trinajstić information content (AvgIpc) is 2.66. The summed E-state index contributed by atoms with van der Waals surface area (Å²) in [5, 5.41) is 9.27. The Morgan fingerprint density at radius 1 is 1.07 bits per heavy atom. The standard InChI is InChI=1S/C21H28N4O2.HI/c1-5-22-20(24-14-18-9-6-15(2)12-16(18)3)23-13-17-7-10-19(11-8-17)25-21(26)27-4;/h6-12H,5,13-14H2,1-4H3,(H,25,26)(H2,22,23,24);1H. The molecule has 0 unspecified atom stereocenters. The quantitative estimate of drug-likeness (QED) is 0.316. The number of amides is 1. The number of hydrogen-bond donors (Lipinski definition) is 3. The van der Waals surface area contributed by atoms with Crippen molar-refractivity contribution in [3.05, 3.63) is 64.7 Å². The Morgan fingerprint density at radius 2 is 1.79 bits per heavy atom. The van der Waals surface area contributed by atoms with E-state index in [1.54, 1.807) is 0 Å². The molecule has 0 bridgehead atoms. The third-order valence-electron chi connectivity index (χ3n) is 4.09. The van der Waals surface area contributed by atoms with Gasteiger partial charge in [0, 0.05) is 18.8 Å². The maximum atomic E-state index is 11.2. The normalized spacial score (nSPS) is 10.6. The van der Waals surface area contributed by atoms with Crippen LogP contribution in [-0.2, 0) is 17.8 Å². The number of carbonyl (C=O) groups is 1. The molecule has 0 saturated carbocycles. The van der Waals surface area contributed by atoms with Crippen LogP contribution in [0.4, 0.5) is 10.5 Å². The number of guanidine groups is 1. The molecule has 0 aromatic heterocycles. The first-order chi connectivity index (χ1) is 13.0. The highest BCUT2D eigenvalue weighted by Crippen LogP contribution is 2.11. The topological polar surface area (TPSA) is 74.8 Å². The highest BCUT2D eigenvalue weighted by Gasteiger charge is 2.03. The predicted molar refractivity (Wildman–Crippen MR) is 125 cm³/mol. The molecule has 0 atom stereocenters. The third-order valence-corrected chi connectivity index (χ3v) is 4.09. The second-order valence-electron chi connectivity index (χ2n) is 6.29. The second kappa shape index (κ2) is 12.2. The van der Waals surface area contributed by atoms with Gasteiger partial charge in [0.2, 0.25) is 0 Å². The van der Waals surface area contributed by atoms with E-state index < -0.39 is 6.09 Å². The van der Waals surface area contributed by atoms with Crippen LogP contribution in [0.15, 0.2) is 47.5 Å². The number of anilines is 1. The summed E-state index contributed by atoms with van der Waals surface area (Å²) in [6, 6.07) is 14.0. The van der Waals surface area contributed by atoms with Gasteiger partial charge < -0.3 is 15.4 Å². The molecule has 0 fully saturated rings. The zero-order chi connectivity index (χ0) is 19.6. The minimum Gasteiger partial charge on any atom is -0.453 e. The number of methoxy groups -OCH3 is 1. The number of aliphatic imine (C=N–C) groups is 1. The average molecular weight is 496 g/mol.